The van der Waals surface area contributed by atoms with E-state index >= 15 is 0 Å². The summed E-state index contributed by atoms with van der Waals surface area (Å²) in [6, 6.07) is 8.18. The van der Waals surface area contributed by atoms with E-state index in [1.54, 1.807) is 0 Å². The van der Waals surface area contributed by atoms with E-state index in [1.807, 2.05) is 18.2 Å². The van der Waals surface area contributed by atoms with Crippen LogP contribution >= 0.6 is 27.7 Å². The van der Waals surface area contributed by atoms with Gasteiger partial charge in [-0.3, -0.25) is 0 Å². The summed E-state index contributed by atoms with van der Waals surface area (Å²) in [6.07, 6.45) is -2.81. The van der Waals surface area contributed by atoms with Gasteiger partial charge in [-0.2, -0.15) is 13.2 Å². The summed E-state index contributed by atoms with van der Waals surface area (Å²) in [4.78, 5) is 4.80. The number of rotatable bonds is 4. The van der Waals surface area contributed by atoms with E-state index in [4.69, 9.17) is 5.73 Å². The molecule has 0 spiro atoms. The third kappa shape index (κ3) is 4.46. The molecule has 0 amide bonds. The van der Waals surface area contributed by atoms with Gasteiger partial charge in [0.15, 0.2) is 0 Å². The number of hydrogen-bond acceptors (Lipinski definition) is 3. The molecule has 112 valence electrons. The van der Waals surface area contributed by atoms with E-state index in [1.165, 1.54) is 17.8 Å². The number of nitrogens with two attached hydrogens (primary N) is 1. The first kappa shape index (κ1) is 16.3. The number of halogens is 4. The van der Waals surface area contributed by atoms with Crippen LogP contribution in [-0.2, 0) is 12.6 Å². The molecule has 0 fully saturated rings. The van der Waals surface area contributed by atoms with Gasteiger partial charge in [0.1, 0.15) is 5.03 Å². The molecule has 0 radical (unpaired) electrons. The molecular formula is C14H12BrF3N2S. The van der Waals surface area contributed by atoms with Crippen LogP contribution in [0, 0.1) is 0 Å². The van der Waals surface area contributed by atoms with Gasteiger partial charge in [-0.05, 0) is 42.8 Å². The molecule has 2 N–H and O–H groups in total. The van der Waals surface area contributed by atoms with E-state index in [9.17, 15) is 13.2 Å². The minimum absolute atomic E-state index is 0.510. The SMILES string of the molecule is NCCc1ccc(Br)cc1Sc1ccc(C(F)(F)F)cn1. The second kappa shape index (κ2) is 6.81. The molecule has 1 aromatic heterocycles. The molecule has 0 atom stereocenters. The summed E-state index contributed by atoms with van der Waals surface area (Å²) in [5.74, 6) is 0. The van der Waals surface area contributed by atoms with Gasteiger partial charge in [-0.15, -0.1) is 0 Å². The molecule has 2 rings (SSSR count). The van der Waals surface area contributed by atoms with Gasteiger partial charge in [0.2, 0.25) is 0 Å². The topological polar surface area (TPSA) is 38.9 Å². The van der Waals surface area contributed by atoms with Crippen LogP contribution in [0.4, 0.5) is 13.2 Å². The summed E-state index contributed by atoms with van der Waals surface area (Å²) in [6.45, 7) is 0.510. The number of hydrogen-bond donors (Lipinski definition) is 1. The Kier molecular flexibility index (Phi) is 5.29. The van der Waals surface area contributed by atoms with Crippen LogP contribution in [0.3, 0.4) is 0 Å². The molecule has 0 aliphatic heterocycles. The molecular weight excluding hydrogens is 365 g/mol. The normalized spacial score (nSPS) is 11.7. The molecule has 0 saturated heterocycles. The zero-order chi connectivity index (χ0) is 15.5. The molecule has 0 bridgehead atoms. The van der Waals surface area contributed by atoms with Gasteiger partial charge >= 0.3 is 6.18 Å². The van der Waals surface area contributed by atoms with Crippen molar-refractivity contribution < 1.29 is 13.2 Å². The van der Waals surface area contributed by atoms with Crippen molar-refractivity contribution in [3.63, 3.8) is 0 Å². The van der Waals surface area contributed by atoms with Gasteiger partial charge in [-0.25, -0.2) is 4.98 Å². The lowest BCUT2D eigenvalue weighted by molar-refractivity contribution is -0.137. The average Bonchev–Trinajstić information content (AvgIpc) is 2.42. The standard InChI is InChI=1S/C14H12BrF3N2S/c15-11-3-1-9(5-6-19)12(7-11)21-13-4-2-10(8-20-13)14(16,17)18/h1-4,7-8H,5-6,19H2. The van der Waals surface area contributed by atoms with E-state index < -0.39 is 11.7 Å². The van der Waals surface area contributed by atoms with Crippen molar-refractivity contribution >= 4 is 27.7 Å². The molecule has 0 aliphatic rings. The quantitative estimate of drug-likeness (QED) is 0.852. The summed E-state index contributed by atoms with van der Waals surface area (Å²) >= 11 is 4.71. The summed E-state index contributed by atoms with van der Waals surface area (Å²) in [5, 5.41) is 0.513. The molecule has 2 aromatic rings. The lowest BCUT2D eigenvalue weighted by Gasteiger charge is -2.10. The molecule has 21 heavy (non-hydrogen) atoms. The van der Waals surface area contributed by atoms with E-state index in [2.05, 4.69) is 20.9 Å². The predicted octanol–water partition coefficient (Wildman–Crippen LogP) is 4.52. The summed E-state index contributed by atoms with van der Waals surface area (Å²) in [5.41, 5.74) is 5.87. The van der Waals surface area contributed by atoms with Gasteiger partial charge < -0.3 is 5.73 Å². The van der Waals surface area contributed by atoms with Crippen LogP contribution in [0.15, 0.2) is 50.9 Å². The van der Waals surface area contributed by atoms with Crippen LogP contribution in [0.5, 0.6) is 0 Å². The first-order valence-electron chi connectivity index (χ1n) is 6.10. The minimum Gasteiger partial charge on any atom is -0.330 e. The van der Waals surface area contributed by atoms with Crippen molar-refractivity contribution in [1.82, 2.24) is 4.98 Å². The van der Waals surface area contributed by atoms with Crippen LogP contribution in [0.2, 0.25) is 0 Å². The van der Waals surface area contributed by atoms with Gasteiger partial charge in [0.05, 0.1) is 5.56 Å². The molecule has 1 heterocycles. The maximum absolute atomic E-state index is 12.5. The zero-order valence-corrected chi connectivity index (χ0v) is 13.2. The maximum Gasteiger partial charge on any atom is 0.417 e. The third-order valence-corrected chi connectivity index (χ3v) is 4.26. The molecule has 7 heteroatoms. The van der Waals surface area contributed by atoms with Crippen LogP contribution in [-0.4, -0.2) is 11.5 Å². The van der Waals surface area contributed by atoms with Crippen molar-refractivity contribution in [2.75, 3.05) is 6.54 Å². The second-order valence-corrected chi connectivity index (χ2v) is 6.25. The van der Waals surface area contributed by atoms with Crippen LogP contribution < -0.4 is 5.73 Å². The van der Waals surface area contributed by atoms with E-state index in [0.29, 0.717) is 18.0 Å². The molecule has 0 aliphatic carbocycles. The lowest BCUT2D eigenvalue weighted by atomic mass is 10.1. The number of pyridine rings is 1. The van der Waals surface area contributed by atoms with E-state index in [-0.39, 0.29) is 0 Å². The van der Waals surface area contributed by atoms with Crippen LogP contribution in [0.25, 0.3) is 0 Å². The maximum atomic E-state index is 12.5. The highest BCUT2D eigenvalue weighted by molar-refractivity contribution is 9.10. The Labute approximate surface area is 133 Å². The third-order valence-electron chi connectivity index (χ3n) is 2.72. The average molecular weight is 377 g/mol. The highest BCUT2D eigenvalue weighted by atomic mass is 79.9. The number of nitrogens with zero attached hydrogens (tertiary/aromatic N) is 1. The Morgan fingerprint density at radius 3 is 2.52 bits per heavy atom. The lowest BCUT2D eigenvalue weighted by Crippen LogP contribution is -2.05. The first-order valence-corrected chi connectivity index (χ1v) is 7.70. The fourth-order valence-corrected chi connectivity index (χ4v) is 3.17. The van der Waals surface area contributed by atoms with Crippen molar-refractivity contribution in [3.05, 3.63) is 52.1 Å². The molecule has 0 saturated carbocycles. The highest BCUT2D eigenvalue weighted by Gasteiger charge is 2.30. The Morgan fingerprint density at radius 2 is 1.95 bits per heavy atom. The van der Waals surface area contributed by atoms with Crippen molar-refractivity contribution in [2.45, 2.75) is 22.5 Å². The summed E-state index contributed by atoms with van der Waals surface area (Å²) < 4.78 is 38.4. The highest BCUT2D eigenvalue weighted by Crippen LogP contribution is 2.34. The summed E-state index contributed by atoms with van der Waals surface area (Å²) in [7, 11) is 0. The fourth-order valence-electron chi connectivity index (χ4n) is 1.71. The smallest absolute Gasteiger partial charge is 0.330 e. The van der Waals surface area contributed by atoms with Gasteiger partial charge in [0, 0.05) is 15.6 Å². The van der Waals surface area contributed by atoms with Gasteiger partial charge in [0.25, 0.3) is 0 Å². The first-order chi connectivity index (χ1) is 9.90. The van der Waals surface area contributed by atoms with Crippen molar-refractivity contribution in [3.8, 4) is 0 Å². The number of benzene rings is 1. The van der Waals surface area contributed by atoms with E-state index in [0.717, 1.165) is 27.2 Å². The molecule has 2 nitrogen and oxygen atoms in total. The minimum atomic E-state index is -4.36. The zero-order valence-electron chi connectivity index (χ0n) is 10.8. The monoisotopic (exact) mass is 376 g/mol. The number of alkyl halides is 3. The van der Waals surface area contributed by atoms with Crippen LogP contribution in [0.1, 0.15) is 11.1 Å². The second-order valence-electron chi connectivity index (χ2n) is 4.28. The Hall–Kier alpha value is -1.05. The Bertz CT molecular complexity index is 615. The number of aromatic nitrogens is 1. The van der Waals surface area contributed by atoms with Crippen molar-refractivity contribution in [1.29, 1.82) is 0 Å². The Balaban J connectivity index is 2.23. The Morgan fingerprint density at radius 1 is 1.19 bits per heavy atom. The van der Waals surface area contributed by atoms with Gasteiger partial charge in [-0.1, -0.05) is 33.8 Å². The largest absolute Gasteiger partial charge is 0.417 e. The molecule has 1 aromatic carbocycles. The fraction of sp³-hybridized carbons (Fsp3) is 0.214. The van der Waals surface area contributed by atoms with Crippen molar-refractivity contribution in [2.24, 2.45) is 5.73 Å². The predicted molar refractivity (Wildman–Crippen MR) is 80.3 cm³/mol. The molecule has 0 unspecified atom stereocenters.